The Bertz CT molecular complexity index is 347. The first-order valence-electron chi connectivity index (χ1n) is 5.36. The van der Waals surface area contributed by atoms with Gasteiger partial charge in [0, 0.05) is 25.8 Å². The summed E-state index contributed by atoms with van der Waals surface area (Å²) < 4.78 is 0. The molecule has 17 heavy (non-hydrogen) atoms. The van der Waals surface area contributed by atoms with E-state index in [1.807, 2.05) is 4.90 Å². The fourth-order valence-corrected chi connectivity index (χ4v) is 1.47. The molecule has 1 heterocycles. The molecule has 1 aromatic heterocycles. The molecule has 0 unspecified atom stereocenters. The highest BCUT2D eigenvalue weighted by molar-refractivity contribution is 5.90. The van der Waals surface area contributed by atoms with E-state index in [9.17, 15) is 4.79 Å². The van der Waals surface area contributed by atoms with E-state index in [2.05, 4.69) is 4.98 Å². The van der Waals surface area contributed by atoms with E-state index in [1.165, 1.54) is 0 Å². The summed E-state index contributed by atoms with van der Waals surface area (Å²) in [5, 5.41) is 17.7. The summed E-state index contributed by atoms with van der Waals surface area (Å²) in [7, 11) is 0. The molecule has 94 valence electrons. The molecule has 0 bridgehead atoms. The van der Waals surface area contributed by atoms with Crippen molar-refractivity contribution < 1.29 is 15.0 Å². The SMILES string of the molecule is NC(=O)c1ccc(CN(CCO)CCO)cn1. The topological polar surface area (TPSA) is 99.7 Å². The van der Waals surface area contributed by atoms with E-state index in [-0.39, 0.29) is 18.9 Å². The number of carbonyl (C=O) groups is 1. The van der Waals surface area contributed by atoms with Crippen molar-refractivity contribution in [1.82, 2.24) is 9.88 Å². The van der Waals surface area contributed by atoms with Gasteiger partial charge in [0.15, 0.2) is 0 Å². The fraction of sp³-hybridized carbons (Fsp3) is 0.455. The van der Waals surface area contributed by atoms with E-state index in [4.69, 9.17) is 15.9 Å². The van der Waals surface area contributed by atoms with E-state index < -0.39 is 5.91 Å². The molecule has 0 spiro atoms. The molecular formula is C11H17N3O3. The van der Waals surface area contributed by atoms with Gasteiger partial charge in [0.1, 0.15) is 5.69 Å². The van der Waals surface area contributed by atoms with Crippen LogP contribution in [0.4, 0.5) is 0 Å². The van der Waals surface area contributed by atoms with E-state index in [0.29, 0.717) is 19.6 Å². The van der Waals surface area contributed by atoms with Crippen LogP contribution in [-0.4, -0.2) is 52.3 Å². The zero-order valence-electron chi connectivity index (χ0n) is 9.54. The minimum atomic E-state index is -0.556. The summed E-state index contributed by atoms with van der Waals surface area (Å²) in [5.41, 5.74) is 6.21. The van der Waals surface area contributed by atoms with Crippen LogP contribution in [-0.2, 0) is 6.54 Å². The van der Waals surface area contributed by atoms with E-state index >= 15 is 0 Å². The molecule has 0 aliphatic rings. The van der Waals surface area contributed by atoms with Crippen molar-refractivity contribution in [3.8, 4) is 0 Å². The van der Waals surface area contributed by atoms with Gasteiger partial charge >= 0.3 is 0 Å². The summed E-state index contributed by atoms with van der Waals surface area (Å²) in [4.78, 5) is 16.6. The Morgan fingerprint density at radius 1 is 1.29 bits per heavy atom. The van der Waals surface area contributed by atoms with Gasteiger partial charge in [0.2, 0.25) is 0 Å². The second-order valence-corrected chi connectivity index (χ2v) is 3.64. The second kappa shape index (κ2) is 6.95. The van der Waals surface area contributed by atoms with Crippen LogP contribution >= 0.6 is 0 Å². The lowest BCUT2D eigenvalue weighted by Gasteiger charge is -2.19. The highest BCUT2D eigenvalue weighted by Gasteiger charge is 2.06. The molecule has 6 nitrogen and oxygen atoms in total. The highest BCUT2D eigenvalue weighted by atomic mass is 16.3. The second-order valence-electron chi connectivity index (χ2n) is 3.64. The molecule has 1 amide bonds. The monoisotopic (exact) mass is 239 g/mol. The predicted molar refractivity (Wildman–Crippen MR) is 62.2 cm³/mol. The van der Waals surface area contributed by atoms with Gasteiger partial charge in [0.05, 0.1) is 13.2 Å². The molecule has 0 atom stereocenters. The number of pyridine rings is 1. The molecule has 0 aromatic carbocycles. The number of aliphatic hydroxyl groups excluding tert-OH is 2. The largest absolute Gasteiger partial charge is 0.395 e. The number of amides is 1. The first kappa shape index (κ1) is 13.6. The normalized spacial score (nSPS) is 10.8. The van der Waals surface area contributed by atoms with Gasteiger partial charge in [0.25, 0.3) is 5.91 Å². The van der Waals surface area contributed by atoms with Gasteiger partial charge < -0.3 is 15.9 Å². The van der Waals surface area contributed by atoms with Crippen LogP contribution in [0.2, 0.25) is 0 Å². The average Bonchev–Trinajstić information content (AvgIpc) is 2.30. The van der Waals surface area contributed by atoms with Crippen LogP contribution in [0, 0.1) is 0 Å². The maximum absolute atomic E-state index is 10.8. The summed E-state index contributed by atoms with van der Waals surface area (Å²) >= 11 is 0. The van der Waals surface area contributed by atoms with Crippen molar-refractivity contribution in [2.45, 2.75) is 6.54 Å². The Kier molecular flexibility index (Phi) is 5.55. The minimum Gasteiger partial charge on any atom is -0.395 e. The highest BCUT2D eigenvalue weighted by Crippen LogP contribution is 2.04. The van der Waals surface area contributed by atoms with Gasteiger partial charge in [-0.15, -0.1) is 0 Å². The molecule has 0 aliphatic carbocycles. The molecule has 0 saturated heterocycles. The van der Waals surface area contributed by atoms with Gasteiger partial charge in [-0.1, -0.05) is 6.07 Å². The van der Waals surface area contributed by atoms with Crippen molar-refractivity contribution >= 4 is 5.91 Å². The average molecular weight is 239 g/mol. The molecule has 0 radical (unpaired) electrons. The number of carbonyl (C=O) groups excluding carboxylic acids is 1. The Labute approximate surface area is 99.7 Å². The summed E-state index contributed by atoms with van der Waals surface area (Å²) in [6, 6.07) is 3.32. The lowest BCUT2D eigenvalue weighted by Crippen LogP contribution is -2.29. The number of aliphatic hydroxyl groups is 2. The van der Waals surface area contributed by atoms with Crippen LogP contribution in [0.25, 0.3) is 0 Å². The number of hydrogen-bond acceptors (Lipinski definition) is 5. The third-order valence-electron chi connectivity index (χ3n) is 2.32. The number of primary amides is 1. The Balaban J connectivity index is 2.62. The summed E-state index contributed by atoms with van der Waals surface area (Å²) in [6.07, 6.45) is 1.57. The van der Waals surface area contributed by atoms with E-state index in [1.54, 1.807) is 18.3 Å². The molecule has 0 fully saturated rings. The molecule has 0 aliphatic heterocycles. The number of hydrogen-bond donors (Lipinski definition) is 3. The van der Waals surface area contributed by atoms with Crippen LogP contribution in [0.1, 0.15) is 16.1 Å². The molecule has 4 N–H and O–H groups in total. The third kappa shape index (κ3) is 4.48. The molecule has 6 heteroatoms. The number of rotatable bonds is 7. The fourth-order valence-electron chi connectivity index (χ4n) is 1.47. The van der Waals surface area contributed by atoms with Gasteiger partial charge in [-0.25, -0.2) is 0 Å². The third-order valence-corrected chi connectivity index (χ3v) is 2.32. The number of aromatic nitrogens is 1. The number of nitrogens with zero attached hydrogens (tertiary/aromatic N) is 2. The Hall–Kier alpha value is -1.50. The van der Waals surface area contributed by atoms with Gasteiger partial charge in [-0.2, -0.15) is 0 Å². The maximum atomic E-state index is 10.8. The van der Waals surface area contributed by atoms with Crippen molar-refractivity contribution in [1.29, 1.82) is 0 Å². The van der Waals surface area contributed by atoms with Crippen molar-refractivity contribution in [2.75, 3.05) is 26.3 Å². The first-order valence-corrected chi connectivity index (χ1v) is 5.36. The molecule has 0 saturated carbocycles. The van der Waals surface area contributed by atoms with Crippen LogP contribution in [0.5, 0.6) is 0 Å². The lowest BCUT2D eigenvalue weighted by atomic mass is 10.2. The summed E-state index contributed by atoms with van der Waals surface area (Å²) in [5.74, 6) is -0.556. The van der Waals surface area contributed by atoms with Crippen LogP contribution in [0.15, 0.2) is 18.3 Å². The maximum Gasteiger partial charge on any atom is 0.267 e. The predicted octanol–water partition coefficient (Wildman–Crippen LogP) is -1.03. The molecule has 1 rings (SSSR count). The molecule has 1 aromatic rings. The van der Waals surface area contributed by atoms with E-state index in [0.717, 1.165) is 5.56 Å². The Morgan fingerprint density at radius 2 is 1.94 bits per heavy atom. The van der Waals surface area contributed by atoms with Crippen molar-refractivity contribution in [2.24, 2.45) is 5.73 Å². The first-order chi connectivity index (χ1) is 8.17. The quantitative estimate of drug-likeness (QED) is 0.565. The number of nitrogens with two attached hydrogens (primary N) is 1. The smallest absolute Gasteiger partial charge is 0.267 e. The standard InChI is InChI=1S/C11H17N3O3/c12-11(17)10-2-1-9(7-13-10)8-14(3-5-15)4-6-16/h1-2,7,15-16H,3-6,8H2,(H2,12,17). The van der Waals surface area contributed by atoms with Crippen LogP contribution in [0.3, 0.4) is 0 Å². The molecular weight excluding hydrogens is 222 g/mol. The van der Waals surface area contributed by atoms with Crippen molar-refractivity contribution in [3.05, 3.63) is 29.6 Å². The van der Waals surface area contributed by atoms with Gasteiger partial charge in [-0.3, -0.25) is 14.7 Å². The lowest BCUT2D eigenvalue weighted by molar-refractivity contribution is 0.0995. The zero-order valence-corrected chi connectivity index (χ0v) is 9.54. The van der Waals surface area contributed by atoms with Crippen LogP contribution < -0.4 is 5.73 Å². The minimum absolute atomic E-state index is 0.0345. The van der Waals surface area contributed by atoms with Crippen molar-refractivity contribution in [3.63, 3.8) is 0 Å². The zero-order chi connectivity index (χ0) is 12.7. The Morgan fingerprint density at radius 3 is 2.35 bits per heavy atom. The summed E-state index contributed by atoms with van der Waals surface area (Å²) in [6.45, 7) is 1.60. The van der Waals surface area contributed by atoms with Gasteiger partial charge in [-0.05, 0) is 11.6 Å².